The molecule has 0 saturated carbocycles. The molecule has 5 nitrogen and oxygen atoms in total. The molecule has 0 amide bonds. The fourth-order valence-electron chi connectivity index (χ4n) is 7.15. The van der Waals surface area contributed by atoms with Crippen molar-refractivity contribution in [1.82, 2.24) is 19.5 Å². The van der Waals surface area contributed by atoms with Crippen LogP contribution in [0.3, 0.4) is 0 Å². The molecule has 244 valence electrons. The topological polar surface area (TPSA) is 56.7 Å². The van der Waals surface area contributed by atoms with Gasteiger partial charge in [-0.2, -0.15) is 0 Å². The van der Waals surface area contributed by atoms with Gasteiger partial charge in [0.15, 0.2) is 11.4 Å². The summed E-state index contributed by atoms with van der Waals surface area (Å²) in [4.78, 5) is 15.2. The Hall–Kier alpha value is -7.11. The zero-order valence-electron chi connectivity index (χ0n) is 28.0. The molecule has 0 saturated heterocycles. The van der Waals surface area contributed by atoms with Crippen molar-refractivity contribution in [1.29, 1.82) is 0 Å². The third-order valence-corrected chi connectivity index (χ3v) is 9.66. The number of para-hydroxylation sites is 1. The van der Waals surface area contributed by atoms with Crippen LogP contribution >= 0.6 is 0 Å². The third-order valence-electron chi connectivity index (χ3n) is 9.66. The number of hydrogen-bond donors (Lipinski definition) is 0. The van der Waals surface area contributed by atoms with E-state index in [4.69, 9.17) is 19.4 Å². The molecule has 0 aliphatic carbocycles. The summed E-state index contributed by atoms with van der Waals surface area (Å²) in [7, 11) is 0. The average Bonchev–Trinajstić information content (AvgIpc) is 3.82. The van der Waals surface area contributed by atoms with Crippen molar-refractivity contribution in [3.05, 3.63) is 182 Å². The second-order valence-electron chi connectivity index (χ2n) is 12.9. The molecule has 0 spiro atoms. The van der Waals surface area contributed by atoms with Crippen LogP contribution in [0.15, 0.2) is 186 Å². The molecule has 5 heteroatoms. The number of fused-ring (bicyclic) bond motifs is 5. The molecule has 0 fully saturated rings. The van der Waals surface area contributed by atoms with E-state index in [9.17, 15) is 0 Å². The highest BCUT2D eigenvalue weighted by Gasteiger charge is 2.20. The molecule has 3 heterocycles. The van der Waals surface area contributed by atoms with E-state index >= 15 is 0 Å². The Labute approximate surface area is 300 Å². The van der Waals surface area contributed by atoms with E-state index in [0.717, 1.165) is 72.2 Å². The number of oxazole rings is 1. The van der Waals surface area contributed by atoms with Gasteiger partial charge in [-0.1, -0.05) is 133 Å². The summed E-state index contributed by atoms with van der Waals surface area (Å²) in [6.45, 7) is 0. The standard InChI is InChI=1S/C47H30N4O/c1-4-13-31(14-5-1)32-23-25-34(26-24-32)41-30-40(33-15-6-2-7-16-33)48-46(49-41)36-19-12-20-37(29-36)51-42-22-11-10-21-38(42)44-43(51)28-27-39-45(44)52-47(50-39)35-17-8-3-9-18-35/h1-30H. The fraction of sp³-hybridized carbons (Fsp3) is 0. The zero-order chi connectivity index (χ0) is 34.4. The highest BCUT2D eigenvalue weighted by molar-refractivity contribution is 6.19. The molecule has 52 heavy (non-hydrogen) atoms. The van der Waals surface area contributed by atoms with Gasteiger partial charge in [0.25, 0.3) is 0 Å². The fourth-order valence-corrected chi connectivity index (χ4v) is 7.15. The van der Waals surface area contributed by atoms with Crippen LogP contribution in [0.5, 0.6) is 0 Å². The Morgan fingerprint density at radius 1 is 0.404 bits per heavy atom. The summed E-state index contributed by atoms with van der Waals surface area (Å²) >= 11 is 0. The molecule has 10 rings (SSSR count). The van der Waals surface area contributed by atoms with Gasteiger partial charge in [0.1, 0.15) is 5.52 Å². The molecule has 0 radical (unpaired) electrons. The maximum absolute atomic E-state index is 6.52. The number of hydrogen-bond acceptors (Lipinski definition) is 4. The normalized spacial score (nSPS) is 11.5. The predicted octanol–water partition coefficient (Wildman–Crippen LogP) is 12.0. The van der Waals surface area contributed by atoms with Gasteiger partial charge in [0.2, 0.25) is 5.89 Å². The molecule has 0 aliphatic heterocycles. The predicted molar refractivity (Wildman–Crippen MR) is 211 cm³/mol. The first-order valence-corrected chi connectivity index (χ1v) is 17.4. The average molecular weight is 667 g/mol. The van der Waals surface area contributed by atoms with Crippen LogP contribution in [0.2, 0.25) is 0 Å². The van der Waals surface area contributed by atoms with Crippen molar-refractivity contribution < 1.29 is 4.42 Å². The maximum atomic E-state index is 6.52. The first-order chi connectivity index (χ1) is 25.8. The van der Waals surface area contributed by atoms with Gasteiger partial charge in [-0.25, -0.2) is 15.0 Å². The minimum absolute atomic E-state index is 0.614. The Morgan fingerprint density at radius 3 is 1.71 bits per heavy atom. The van der Waals surface area contributed by atoms with Crippen LogP contribution in [0, 0.1) is 0 Å². The smallest absolute Gasteiger partial charge is 0.227 e. The molecule has 7 aromatic carbocycles. The van der Waals surface area contributed by atoms with E-state index in [2.05, 4.69) is 132 Å². The minimum atomic E-state index is 0.614. The highest BCUT2D eigenvalue weighted by Crippen LogP contribution is 2.39. The quantitative estimate of drug-likeness (QED) is 0.177. The first kappa shape index (κ1) is 29.8. The van der Waals surface area contributed by atoms with Crippen LogP contribution < -0.4 is 0 Å². The van der Waals surface area contributed by atoms with Crippen LogP contribution in [0.1, 0.15) is 0 Å². The second-order valence-corrected chi connectivity index (χ2v) is 12.9. The third kappa shape index (κ3) is 5.15. The van der Waals surface area contributed by atoms with Crippen molar-refractivity contribution in [3.8, 4) is 62.2 Å². The molecular weight excluding hydrogens is 637 g/mol. The number of nitrogens with zero attached hydrogens (tertiary/aromatic N) is 4. The summed E-state index contributed by atoms with van der Waals surface area (Å²) in [5.74, 6) is 1.28. The van der Waals surface area contributed by atoms with Crippen LogP contribution in [-0.4, -0.2) is 19.5 Å². The monoisotopic (exact) mass is 666 g/mol. The zero-order valence-corrected chi connectivity index (χ0v) is 28.0. The molecule has 0 atom stereocenters. The molecular formula is C47H30N4O. The lowest BCUT2D eigenvalue weighted by Gasteiger charge is -2.12. The lowest BCUT2D eigenvalue weighted by molar-refractivity contribution is 0.623. The summed E-state index contributed by atoms with van der Waals surface area (Å²) in [6.07, 6.45) is 0. The van der Waals surface area contributed by atoms with Gasteiger partial charge in [-0.3, -0.25) is 0 Å². The van der Waals surface area contributed by atoms with Gasteiger partial charge in [0.05, 0.1) is 27.8 Å². The molecule has 0 unspecified atom stereocenters. The Bertz CT molecular complexity index is 2880. The van der Waals surface area contributed by atoms with Crippen molar-refractivity contribution in [3.63, 3.8) is 0 Å². The van der Waals surface area contributed by atoms with Crippen molar-refractivity contribution in [2.24, 2.45) is 0 Å². The van der Waals surface area contributed by atoms with Gasteiger partial charge >= 0.3 is 0 Å². The SMILES string of the molecule is c1ccc(-c2ccc(-c3cc(-c4ccccc4)nc(-c4cccc(-n5c6ccccc6c6c7oc(-c8ccccc8)nc7ccc65)c4)n3)cc2)cc1. The van der Waals surface area contributed by atoms with Crippen molar-refractivity contribution in [2.45, 2.75) is 0 Å². The summed E-state index contributed by atoms with van der Waals surface area (Å²) < 4.78 is 8.81. The summed E-state index contributed by atoms with van der Waals surface area (Å²) in [5.41, 5.74) is 12.8. The number of rotatable bonds is 6. The molecule has 0 N–H and O–H groups in total. The lowest BCUT2D eigenvalue weighted by atomic mass is 10.0. The van der Waals surface area contributed by atoms with E-state index in [1.54, 1.807) is 0 Å². The van der Waals surface area contributed by atoms with Crippen molar-refractivity contribution >= 4 is 32.9 Å². The molecule has 0 bridgehead atoms. The number of aromatic nitrogens is 4. The van der Waals surface area contributed by atoms with Crippen LogP contribution in [0.25, 0.3) is 95.1 Å². The largest absolute Gasteiger partial charge is 0.435 e. The molecule has 0 aliphatic rings. The summed E-state index contributed by atoms with van der Waals surface area (Å²) in [5, 5.41) is 2.14. The second kappa shape index (κ2) is 12.3. The van der Waals surface area contributed by atoms with E-state index < -0.39 is 0 Å². The molecule has 10 aromatic rings. The van der Waals surface area contributed by atoms with Crippen molar-refractivity contribution in [2.75, 3.05) is 0 Å². The van der Waals surface area contributed by atoms with Crippen LogP contribution in [0.4, 0.5) is 0 Å². The van der Waals surface area contributed by atoms with Gasteiger partial charge in [-0.05, 0) is 59.7 Å². The Morgan fingerprint density at radius 2 is 0.981 bits per heavy atom. The van der Waals surface area contributed by atoms with Gasteiger partial charge < -0.3 is 8.98 Å². The summed E-state index contributed by atoms with van der Waals surface area (Å²) in [6, 6.07) is 62.6. The maximum Gasteiger partial charge on any atom is 0.227 e. The minimum Gasteiger partial charge on any atom is -0.435 e. The lowest BCUT2D eigenvalue weighted by Crippen LogP contribution is -1.98. The Balaban J connectivity index is 1.12. The highest BCUT2D eigenvalue weighted by atomic mass is 16.3. The van der Waals surface area contributed by atoms with E-state index in [-0.39, 0.29) is 0 Å². The number of benzene rings is 7. The Kier molecular flexibility index (Phi) is 7.07. The van der Waals surface area contributed by atoms with Gasteiger partial charge in [0, 0.05) is 33.3 Å². The van der Waals surface area contributed by atoms with Crippen LogP contribution in [-0.2, 0) is 0 Å². The molecule has 3 aromatic heterocycles. The van der Waals surface area contributed by atoms with Gasteiger partial charge in [-0.15, -0.1) is 0 Å². The van der Waals surface area contributed by atoms with E-state index in [0.29, 0.717) is 11.7 Å². The van der Waals surface area contributed by atoms with E-state index in [1.807, 2.05) is 54.6 Å². The first-order valence-electron chi connectivity index (χ1n) is 17.4. The van der Waals surface area contributed by atoms with E-state index in [1.165, 1.54) is 11.1 Å².